The summed E-state index contributed by atoms with van der Waals surface area (Å²) in [5.41, 5.74) is 3.68. The molecule has 0 aliphatic rings. The molecule has 1 aromatic carbocycles. The standard InChI is InChI=1S/C19H22N4O3/c24-17-9-5-4-8-16(17)22-18(25)10-2-1-3-11-19(26)23-21-14-15-7-6-12-20-13-15/h4-9,12-14,24H,1-3,10-11H2,(H,22,25)(H,23,26)/b21-14+. The van der Waals surface area contributed by atoms with Crippen molar-refractivity contribution in [3.63, 3.8) is 0 Å². The highest BCUT2D eigenvalue weighted by Gasteiger charge is 2.06. The molecule has 0 spiro atoms. The minimum atomic E-state index is -0.163. The molecule has 1 aromatic heterocycles. The first-order valence-electron chi connectivity index (χ1n) is 8.45. The number of aromatic hydroxyl groups is 1. The van der Waals surface area contributed by atoms with Crippen molar-refractivity contribution in [3.8, 4) is 5.75 Å². The molecule has 2 aromatic rings. The number of amides is 2. The smallest absolute Gasteiger partial charge is 0.240 e. The molecule has 0 radical (unpaired) electrons. The van der Waals surface area contributed by atoms with E-state index in [4.69, 9.17) is 0 Å². The number of phenolic OH excluding ortho intramolecular Hbond substituents is 1. The largest absolute Gasteiger partial charge is 0.506 e. The second kappa shape index (κ2) is 10.6. The molecule has 2 rings (SSSR count). The molecular weight excluding hydrogens is 332 g/mol. The van der Waals surface area contributed by atoms with Crippen LogP contribution >= 0.6 is 0 Å². The Morgan fingerprint density at radius 2 is 1.81 bits per heavy atom. The van der Waals surface area contributed by atoms with Crippen molar-refractivity contribution in [3.05, 3.63) is 54.4 Å². The molecule has 0 fully saturated rings. The minimum absolute atomic E-state index is 0.0457. The Bertz CT molecular complexity index is 747. The molecule has 26 heavy (non-hydrogen) atoms. The van der Waals surface area contributed by atoms with E-state index in [0.29, 0.717) is 31.4 Å². The Morgan fingerprint density at radius 1 is 1.04 bits per heavy atom. The van der Waals surface area contributed by atoms with Crippen molar-refractivity contribution in [2.75, 3.05) is 5.32 Å². The number of rotatable bonds is 9. The molecular formula is C19H22N4O3. The molecule has 136 valence electrons. The van der Waals surface area contributed by atoms with Crippen LogP contribution in [0.3, 0.4) is 0 Å². The molecule has 0 saturated heterocycles. The quantitative estimate of drug-likeness (QED) is 0.279. The first-order valence-corrected chi connectivity index (χ1v) is 8.45. The van der Waals surface area contributed by atoms with Crippen LogP contribution in [0.4, 0.5) is 5.69 Å². The number of aromatic nitrogens is 1. The molecule has 0 atom stereocenters. The fraction of sp³-hybridized carbons (Fsp3) is 0.263. The van der Waals surface area contributed by atoms with Gasteiger partial charge >= 0.3 is 0 Å². The van der Waals surface area contributed by atoms with Gasteiger partial charge in [0, 0.05) is 30.8 Å². The third-order valence-corrected chi connectivity index (χ3v) is 3.57. The highest BCUT2D eigenvalue weighted by atomic mass is 16.3. The van der Waals surface area contributed by atoms with E-state index in [2.05, 4.69) is 20.8 Å². The zero-order chi connectivity index (χ0) is 18.6. The van der Waals surface area contributed by atoms with Crippen LogP contribution in [0.15, 0.2) is 53.9 Å². The van der Waals surface area contributed by atoms with Gasteiger partial charge in [0.1, 0.15) is 5.75 Å². The normalized spacial score (nSPS) is 10.6. The third kappa shape index (κ3) is 7.12. The van der Waals surface area contributed by atoms with Gasteiger partial charge in [-0.05, 0) is 31.0 Å². The van der Waals surface area contributed by atoms with Crippen molar-refractivity contribution in [2.45, 2.75) is 32.1 Å². The summed E-state index contributed by atoms with van der Waals surface area (Å²) >= 11 is 0. The number of carbonyl (C=O) groups is 2. The van der Waals surface area contributed by atoms with Gasteiger partial charge in [0.05, 0.1) is 11.9 Å². The minimum Gasteiger partial charge on any atom is -0.506 e. The summed E-state index contributed by atoms with van der Waals surface area (Å²) < 4.78 is 0. The SMILES string of the molecule is O=C(CCCCCC(=O)Nc1ccccc1O)N/N=C/c1cccnc1. The Balaban J connectivity index is 1.56. The maximum Gasteiger partial charge on any atom is 0.240 e. The van der Waals surface area contributed by atoms with E-state index in [-0.39, 0.29) is 17.6 Å². The van der Waals surface area contributed by atoms with E-state index in [9.17, 15) is 14.7 Å². The number of phenols is 1. The van der Waals surface area contributed by atoms with Gasteiger partial charge in [-0.15, -0.1) is 0 Å². The van der Waals surface area contributed by atoms with Crippen molar-refractivity contribution in [1.29, 1.82) is 0 Å². The number of carbonyl (C=O) groups excluding carboxylic acids is 2. The van der Waals surface area contributed by atoms with Gasteiger partial charge in [0.2, 0.25) is 11.8 Å². The number of para-hydroxylation sites is 2. The van der Waals surface area contributed by atoms with Crippen LogP contribution in [-0.2, 0) is 9.59 Å². The number of pyridine rings is 1. The van der Waals surface area contributed by atoms with Crippen molar-refractivity contribution in [1.82, 2.24) is 10.4 Å². The van der Waals surface area contributed by atoms with Gasteiger partial charge in [-0.3, -0.25) is 14.6 Å². The predicted octanol–water partition coefficient (Wildman–Crippen LogP) is 2.83. The third-order valence-electron chi connectivity index (χ3n) is 3.57. The Morgan fingerprint density at radius 3 is 2.54 bits per heavy atom. The zero-order valence-electron chi connectivity index (χ0n) is 14.4. The number of anilines is 1. The van der Waals surface area contributed by atoms with Crippen LogP contribution in [0, 0.1) is 0 Å². The van der Waals surface area contributed by atoms with Crippen LogP contribution in [0.1, 0.15) is 37.7 Å². The summed E-state index contributed by atoms with van der Waals surface area (Å²) in [5, 5.41) is 16.1. The second-order valence-electron chi connectivity index (χ2n) is 5.71. The number of nitrogens with zero attached hydrogens (tertiary/aromatic N) is 2. The maximum absolute atomic E-state index is 11.8. The monoisotopic (exact) mass is 354 g/mol. The molecule has 0 aliphatic carbocycles. The van der Waals surface area contributed by atoms with Crippen molar-refractivity contribution in [2.24, 2.45) is 5.10 Å². The Kier molecular flexibility index (Phi) is 7.79. The summed E-state index contributed by atoms with van der Waals surface area (Å²) in [6.45, 7) is 0. The highest BCUT2D eigenvalue weighted by Crippen LogP contribution is 2.21. The van der Waals surface area contributed by atoms with Crippen LogP contribution in [-0.4, -0.2) is 28.1 Å². The lowest BCUT2D eigenvalue weighted by atomic mass is 10.1. The van der Waals surface area contributed by atoms with Gasteiger partial charge < -0.3 is 10.4 Å². The zero-order valence-corrected chi connectivity index (χ0v) is 14.4. The highest BCUT2D eigenvalue weighted by molar-refractivity contribution is 5.92. The van der Waals surface area contributed by atoms with E-state index >= 15 is 0 Å². The van der Waals surface area contributed by atoms with Gasteiger partial charge in [0.25, 0.3) is 0 Å². The summed E-state index contributed by atoms with van der Waals surface area (Å²) in [5.74, 6) is -0.273. The lowest BCUT2D eigenvalue weighted by molar-refractivity contribution is -0.121. The summed E-state index contributed by atoms with van der Waals surface area (Å²) in [4.78, 5) is 27.4. The molecule has 0 bridgehead atoms. The number of hydrazone groups is 1. The van der Waals surface area contributed by atoms with E-state index in [1.807, 2.05) is 6.07 Å². The second-order valence-corrected chi connectivity index (χ2v) is 5.71. The number of nitrogens with one attached hydrogen (secondary N) is 2. The molecule has 7 heteroatoms. The van der Waals surface area contributed by atoms with Gasteiger partial charge in [-0.1, -0.05) is 24.6 Å². The lowest BCUT2D eigenvalue weighted by Gasteiger charge is -2.06. The lowest BCUT2D eigenvalue weighted by Crippen LogP contribution is -2.17. The molecule has 0 aliphatic heterocycles. The van der Waals surface area contributed by atoms with E-state index in [1.54, 1.807) is 36.7 Å². The topological polar surface area (TPSA) is 104 Å². The molecule has 7 nitrogen and oxygen atoms in total. The molecule has 1 heterocycles. The van der Waals surface area contributed by atoms with Gasteiger partial charge in [0.15, 0.2) is 0 Å². The predicted molar refractivity (Wildman–Crippen MR) is 99.8 cm³/mol. The fourth-order valence-corrected chi connectivity index (χ4v) is 2.23. The Labute approximate surface area is 152 Å². The average molecular weight is 354 g/mol. The number of hydrogen-bond donors (Lipinski definition) is 3. The summed E-state index contributed by atoms with van der Waals surface area (Å²) in [7, 11) is 0. The van der Waals surface area contributed by atoms with E-state index < -0.39 is 0 Å². The number of benzene rings is 1. The molecule has 3 N–H and O–H groups in total. The van der Waals surface area contributed by atoms with Crippen LogP contribution in [0.25, 0.3) is 0 Å². The molecule has 0 unspecified atom stereocenters. The fourth-order valence-electron chi connectivity index (χ4n) is 2.23. The average Bonchev–Trinajstić information content (AvgIpc) is 2.64. The van der Waals surface area contributed by atoms with Gasteiger partial charge in [-0.2, -0.15) is 5.10 Å². The van der Waals surface area contributed by atoms with Crippen molar-refractivity contribution < 1.29 is 14.7 Å². The number of unbranched alkanes of at least 4 members (excludes halogenated alkanes) is 2. The first kappa shape index (κ1) is 19.1. The van der Waals surface area contributed by atoms with Crippen LogP contribution < -0.4 is 10.7 Å². The van der Waals surface area contributed by atoms with E-state index in [1.165, 1.54) is 12.3 Å². The van der Waals surface area contributed by atoms with Crippen LogP contribution in [0.5, 0.6) is 5.75 Å². The molecule has 0 saturated carbocycles. The summed E-state index contributed by atoms with van der Waals surface area (Å²) in [6, 6.07) is 10.2. The number of hydrogen-bond acceptors (Lipinski definition) is 5. The van der Waals surface area contributed by atoms with Crippen LogP contribution in [0.2, 0.25) is 0 Å². The maximum atomic E-state index is 11.8. The first-order chi connectivity index (χ1) is 12.6. The molecule has 2 amide bonds. The summed E-state index contributed by atoms with van der Waals surface area (Å²) in [6.07, 6.45) is 7.65. The van der Waals surface area contributed by atoms with Crippen molar-refractivity contribution >= 4 is 23.7 Å². The Hall–Kier alpha value is -3.22. The van der Waals surface area contributed by atoms with E-state index in [0.717, 1.165) is 12.0 Å². The van der Waals surface area contributed by atoms with Gasteiger partial charge in [-0.25, -0.2) is 5.43 Å².